The number of aromatic nitrogens is 2. The third-order valence-corrected chi connectivity index (χ3v) is 4.38. The third kappa shape index (κ3) is 3.08. The van der Waals surface area contributed by atoms with Crippen molar-refractivity contribution >= 4 is 23.7 Å². The molecular formula is C16H15N3OS. The summed E-state index contributed by atoms with van der Waals surface area (Å²) in [6, 6.07) is 11.8. The van der Waals surface area contributed by atoms with Gasteiger partial charge in [0.25, 0.3) is 0 Å². The standard InChI is InChI=1S/C16H15N3OS/c1-11-16(12(2)19-18-11)21-15-8-4-3-7-14(15)17-10-13-6-5-9-20-13/h3-10H,1-2H3,(H,18,19). The molecule has 2 aromatic heterocycles. The Labute approximate surface area is 127 Å². The van der Waals surface area contributed by atoms with Crippen molar-refractivity contribution in [3.8, 4) is 0 Å². The number of hydrogen-bond acceptors (Lipinski definition) is 4. The van der Waals surface area contributed by atoms with E-state index in [-0.39, 0.29) is 0 Å². The van der Waals surface area contributed by atoms with Gasteiger partial charge in [-0.1, -0.05) is 23.9 Å². The molecule has 0 aliphatic carbocycles. The lowest BCUT2D eigenvalue weighted by Gasteiger charge is -2.05. The largest absolute Gasteiger partial charge is 0.463 e. The monoisotopic (exact) mass is 297 g/mol. The van der Waals surface area contributed by atoms with Gasteiger partial charge in [-0.3, -0.25) is 10.1 Å². The van der Waals surface area contributed by atoms with Crippen molar-refractivity contribution in [3.63, 3.8) is 0 Å². The fourth-order valence-electron chi connectivity index (χ4n) is 1.95. The molecule has 0 aliphatic rings. The third-order valence-electron chi connectivity index (χ3n) is 3.01. The average molecular weight is 297 g/mol. The summed E-state index contributed by atoms with van der Waals surface area (Å²) in [6.45, 7) is 4.03. The van der Waals surface area contributed by atoms with Gasteiger partial charge in [0.05, 0.1) is 28.8 Å². The van der Waals surface area contributed by atoms with Gasteiger partial charge < -0.3 is 4.42 Å². The second-order valence-corrected chi connectivity index (χ2v) is 5.66. The summed E-state index contributed by atoms with van der Waals surface area (Å²) in [4.78, 5) is 6.76. The van der Waals surface area contributed by atoms with E-state index in [0.717, 1.165) is 32.6 Å². The van der Waals surface area contributed by atoms with Gasteiger partial charge in [0.15, 0.2) is 0 Å². The lowest BCUT2D eigenvalue weighted by Crippen LogP contribution is -1.80. The highest BCUT2D eigenvalue weighted by atomic mass is 32.2. The maximum absolute atomic E-state index is 5.27. The van der Waals surface area contributed by atoms with E-state index in [9.17, 15) is 0 Å². The lowest BCUT2D eigenvalue weighted by atomic mass is 10.3. The van der Waals surface area contributed by atoms with Gasteiger partial charge in [0, 0.05) is 10.6 Å². The first-order valence-corrected chi connectivity index (χ1v) is 7.41. The molecule has 3 aromatic rings. The molecule has 2 heterocycles. The minimum atomic E-state index is 0.741. The maximum atomic E-state index is 5.27. The number of hydrogen-bond donors (Lipinski definition) is 1. The highest BCUT2D eigenvalue weighted by molar-refractivity contribution is 7.99. The summed E-state index contributed by atoms with van der Waals surface area (Å²) in [6.07, 6.45) is 3.37. The van der Waals surface area contributed by atoms with Crippen LogP contribution in [0.4, 0.5) is 5.69 Å². The van der Waals surface area contributed by atoms with Crippen LogP contribution >= 0.6 is 11.8 Å². The van der Waals surface area contributed by atoms with Crippen LogP contribution < -0.4 is 0 Å². The van der Waals surface area contributed by atoms with E-state index < -0.39 is 0 Å². The average Bonchev–Trinajstić information content (AvgIpc) is 3.11. The summed E-state index contributed by atoms with van der Waals surface area (Å²) >= 11 is 1.67. The van der Waals surface area contributed by atoms with Gasteiger partial charge in [-0.25, -0.2) is 0 Å². The van der Waals surface area contributed by atoms with Crippen LogP contribution in [0.25, 0.3) is 0 Å². The van der Waals surface area contributed by atoms with E-state index in [1.54, 1.807) is 24.2 Å². The quantitative estimate of drug-likeness (QED) is 0.720. The van der Waals surface area contributed by atoms with Crippen molar-refractivity contribution in [1.29, 1.82) is 0 Å². The van der Waals surface area contributed by atoms with Crippen LogP contribution in [0, 0.1) is 13.8 Å². The Balaban J connectivity index is 1.89. The van der Waals surface area contributed by atoms with Crippen LogP contribution in [0.5, 0.6) is 0 Å². The highest BCUT2D eigenvalue weighted by Crippen LogP contribution is 2.37. The fourth-order valence-corrected chi connectivity index (χ4v) is 2.93. The Morgan fingerprint density at radius 1 is 1.19 bits per heavy atom. The van der Waals surface area contributed by atoms with Crippen molar-refractivity contribution in [2.75, 3.05) is 0 Å². The van der Waals surface area contributed by atoms with E-state index >= 15 is 0 Å². The second kappa shape index (κ2) is 6.01. The Hall–Kier alpha value is -2.27. The summed E-state index contributed by atoms with van der Waals surface area (Å²) < 4.78 is 5.27. The SMILES string of the molecule is Cc1n[nH]c(C)c1Sc1ccccc1N=Cc1ccco1. The van der Waals surface area contributed by atoms with Crippen LogP contribution in [-0.4, -0.2) is 16.4 Å². The number of furan rings is 1. The smallest absolute Gasteiger partial charge is 0.144 e. The van der Waals surface area contributed by atoms with Gasteiger partial charge in [-0.15, -0.1) is 0 Å². The Kier molecular flexibility index (Phi) is 3.92. The lowest BCUT2D eigenvalue weighted by molar-refractivity contribution is 0.560. The number of para-hydroxylation sites is 1. The summed E-state index contributed by atoms with van der Waals surface area (Å²) in [5, 5.41) is 7.24. The molecule has 5 heteroatoms. The van der Waals surface area contributed by atoms with Crippen molar-refractivity contribution < 1.29 is 4.42 Å². The van der Waals surface area contributed by atoms with Crippen molar-refractivity contribution in [2.24, 2.45) is 4.99 Å². The number of nitrogens with one attached hydrogen (secondary N) is 1. The fraction of sp³-hybridized carbons (Fsp3) is 0.125. The predicted octanol–water partition coefficient (Wildman–Crippen LogP) is 4.52. The molecule has 0 spiro atoms. The minimum Gasteiger partial charge on any atom is -0.463 e. The van der Waals surface area contributed by atoms with E-state index in [2.05, 4.69) is 21.3 Å². The number of aryl methyl sites for hydroxylation is 2. The molecule has 0 atom stereocenters. The molecular weight excluding hydrogens is 282 g/mol. The number of aromatic amines is 1. The first kappa shape index (κ1) is 13.7. The molecule has 0 saturated carbocycles. The van der Waals surface area contributed by atoms with Crippen molar-refractivity contribution in [1.82, 2.24) is 10.2 Å². The predicted molar refractivity (Wildman–Crippen MR) is 84.6 cm³/mol. The van der Waals surface area contributed by atoms with Gasteiger partial charge >= 0.3 is 0 Å². The molecule has 0 saturated heterocycles. The molecule has 0 bridgehead atoms. The minimum absolute atomic E-state index is 0.741. The number of rotatable bonds is 4. The van der Waals surface area contributed by atoms with E-state index in [1.807, 2.05) is 44.2 Å². The number of aliphatic imine (C=N–C) groups is 1. The molecule has 0 unspecified atom stereocenters. The molecule has 1 aromatic carbocycles. The van der Waals surface area contributed by atoms with Crippen LogP contribution in [0.15, 0.2) is 61.9 Å². The zero-order chi connectivity index (χ0) is 14.7. The van der Waals surface area contributed by atoms with Crippen molar-refractivity contribution in [2.45, 2.75) is 23.6 Å². The van der Waals surface area contributed by atoms with Crippen LogP contribution in [0.2, 0.25) is 0 Å². The van der Waals surface area contributed by atoms with E-state index in [1.165, 1.54) is 0 Å². The van der Waals surface area contributed by atoms with Gasteiger partial charge in [0.2, 0.25) is 0 Å². The van der Waals surface area contributed by atoms with Gasteiger partial charge in [-0.2, -0.15) is 5.10 Å². The first-order chi connectivity index (χ1) is 10.2. The summed E-state index contributed by atoms with van der Waals surface area (Å²) in [5.41, 5.74) is 2.99. The molecule has 106 valence electrons. The molecule has 3 rings (SSSR count). The topological polar surface area (TPSA) is 54.2 Å². The first-order valence-electron chi connectivity index (χ1n) is 6.60. The van der Waals surface area contributed by atoms with Gasteiger partial charge in [-0.05, 0) is 38.1 Å². The van der Waals surface area contributed by atoms with Crippen LogP contribution in [-0.2, 0) is 0 Å². The van der Waals surface area contributed by atoms with Crippen molar-refractivity contribution in [3.05, 3.63) is 59.8 Å². The maximum Gasteiger partial charge on any atom is 0.144 e. The molecule has 21 heavy (non-hydrogen) atoms. The number of nitrogens with zero attached hydrogens (tertiary/aromatic N) is 2. The summed E-state index contributed by atoms with van der Waals surface area (Å²) in [5.74, 6) is 0.741. The Morgan fingerprint density at radius 2 is 2.05 bits per heavy atom. The van der Waals surface area contributed by atoms with Crippen LogP contribution in [0.1, 0.15) is 17.1 Å². The zero-order valence-corrected chi connectivity index (χ0v) is 12.6. The highest BCUT2D eigenvalue weighted by Gasteiger charge is 2.10. The molecule has 1 N–H and O–H groups in total. The molecule has 0 fully saturated rings. The zero-order valence-electron chi connectivity index (χ0n) is 11.8. The molecule has 0 amide bonds. The van der Waals surface area contributed by atoms with Crippen LogP contribution in [0.3, 0.4) is 0 Å². The van der Waals surface area contributed by atoms with E-state index in [0.29, 0.717) is 0 Å². The Morgan fingerprint density at radius 3 is 2.76 bits per heavy atom. The van der Waals surface area contributed by atoms with E-state index in [4.69, 9.17) is 4.42 Å². The molecule has 0 aliphatic heterocycles. The molecule has 0 radical (unpaired) electrons. The van der Waals surface area contributed by atoms with Gasteiger partial charge in [0.1, 0.15) is 5.76 Å². The number of benzene rings is 1. The normalized spacial score (nSPS) is 11.3. The molecule has 4 nitrogen and oxygen atoms in total. The summed E-state index contributed by atoms with van der Waals surface area (Å²) in [7, 11) is 0. The Bertz CT molecular complexity index is 740. The number of H-pyrrole nitrogens is 1. The second-order valence-electron chi connectivity index (χ2n) is 4.61.